The zero-order valence-corrected chi connectivity index (χ0v) is 13.5. The van der Waals surface area contributed by atoms with Gasteiger partial charge in [0.15, 0.2) is 0 Å². The van der Waals surface area contributed by atoms with Gasteiger partial charge in [0.05, 0.1) is 0 Å². The fourth-order valence-electron chi connectivity index (χ4n) is 1.91. The van der Waals surface area contributed by atoms with Gasteiger partial charge >= 0.3 is 0 Å². The zero-order valence-electron chi connectivity index (χ0n) is 13.5. The van der Waals surface area contributed by atoms with Gasteiger partial charge in [-0.3, -0.25) is 0 Å². The Kier molecular flexibility index (Phi) is 9.85. The standard InChI is InChI=1S/C15H32.C2H4/c1-8-14(5,6)13(4)11-12-15(7,9-2)10-3;1-2/h13H,8-12H2,1-7H3;1-2H2. The van der Waals surface area contributed by atoms with Crippen molar-refractivity contribution in [1.29, 1.82) is 0 Å². The van der Waals surface area contributed by atoms with Crippen molar-refractivity contribution in [1.82, 2.24) is 0 Å². The summed E-state index contributed by atoms with van der Waals surface area (Å²) >= 11 is 0. The van der Waals surface area contributed by atoms with Crippen LogP contribution >= 0.6 is 0 Å². The Morgan fingerprint density at radius 2 is 1.29 bits per heavy atom. The van der Waals surface area contributed by atoms with Crippen LogP contribution in [0.25, 0.3) is 0 Å². The minimum atomic E-state index is 0.516. The van der Waals surface area contributed by atoms with Gasteiger partial charge in [0.1, 0.15) is 0 Å². The van der Waals surface area contributed by atoms with Gasteiger partial charge in [0.2, 0.25) is 0 Å². The normalized spacial score (nSPS) is 13.8. The van der Waals surface area contributed by atoms with Crippen LogP contribution in [0, 0.1) is 16.7 Å². The van der Waals surface area contributed by atoms with E-state index < -0.39 is 0 Å². The lowest BCUT2D eigenvalue weighted by atomic mass is 9.71. The number of hydrogen-bond acceptors (Lipinski definition) is 0. The molecule has 0 aromatic rings. The van der Waals surface area contributed by atoms with Crippen LogP contribution in [-0.2, 0) is 0 Å². The Morgan fingerprint density at radius 3 is 1.59 bits per heavy atom. The molecule has 0 aliphatic heterocycles. The first-order valence-electron chi connectivity index (χ1n) is 7.31. The maximum Gasteiger partial charge on any atom is -0.0331 e. The van der Waals surface area contributed by atoms with Crippen LogP contribution in [0.2, 0.25) is 0 Å². The van der Waals surface area contributed by atoms with Crippen molar-refractivity contribution in [2.75, 3.05) is 0 Å². The van der Waals surface area contributed by atoms with Crippen LogP contribution in [0.5, 0.6) is 0 Å². The first-order chi connectivity index (χ1) is 7.81. The quantitative estimate of drug-likeness (QED) is 0.447. The molecule has 0 heterocycles. The molecule has 0 saturated heterocycles. The third-order valence-corrected chi connectivity index (χ3v) is 5.13. The molecule has 0 radical (unpaired) electrons. The molecular weight excluding hydrogens is 204 g/mol. The molecule has 1 unspecified atom stereocenters. The smallest absolute Gasteiger partial charge is 0.0331 e. The Labute approximate surface area is 111 Å². The van der Waals surface area contributed by atoms with Crippen molar-refractivity contribution in [3.8, 4) is 0 Å². The molecule has 104 valence electrons. The molecule has 0 aliphatic carbocycles. The van der Waals surface area contributed by atoms with E-state index in [9.17, 15) is 0 Å². The molecule has 0 spiro atoms. The molecule has 0 bridgehead atoms. The molecule has 1 atom stereocenters. The number of hydrogen-bond donors (Lipinski definition) is 0. The van der Waals surface area contributed by atoms with Crippen LogP contribution in [0.15, 0.2) is 13.2 Å². The topological polar surface area (TPSA) is 0 Å². The van der Waals surface area contributed by atoms with Gasteiger partial charge in [-0.25, -0.2) is 0 Å². The lowest BCUT2D eigenvalue weighted by Gasteiger charge is -2.34. The highest BCUT2D eigenvalue weighted by molar-refractivity contribution is 4.78. The average molecular weight is 240 g/mol. The second-order valence-corrected chi connectivity index (χ2v) is 6.30. The summed E-state index contributed by atoms with van der Waals surface area (Å²) in [4.78, 5) is 0. The highest BCUT2D eigenvalue weighted by Gasteiger charge is 2.27. The first-order valence-corrected chi connectivity index (χ1v) is 7.31. The van der Waals surface area contributed by atoms with Crippen molar-refractivity contribution >= 4 is 0 Å². The summed E-state index contributed by atoms with van der Waals surface area (Å²) < 4.78 is 0. The largest absolute Gasteiger partial charge is 0.106 e. The van der Waals surface area contributed by atoms with Gasteiger partial charge in [-0.15, -0.1) is 13.2 Å². The molecule has 0 rings (SSSR count). The third kappa shape index (κ3) is 6.91. The average Bonchev–Trinajstić information content (AvgIpc) is 2.37. The van der Waals surface area contributed by atoms with E-state index in [0.29, 0.717) is 10.8 Å². The SMILES string of the molecule is C=C.CCC(C)(CC)CCC(C)C(C)(C)CC. The molecule has 0 saturated carbocycles. The van der Waals surface area contributed by atoms with Gasteiger partial charge in [0.25, 0.3) is 0 Å². The van der Waals surface area contributed by atoms with E-state index in [-0.39, 0.29) is 0 Å². The monoisotopic (exact) mass is 240 g/mol. The minimum Gasteiger partial charge on any atom is -0.106 e. The molecule has 17 heavy (non-hydrogen) atoms. The predicted molar refractivity (Wildman–Crippen MR) is 82.4 cm³/mol. The molecular formula is C17H36. The lowest BCUT2D eigenvalue weighted by molar-refractivity contribution is 0.168. The van der Waals surface area contributed by atoms with E-state index >= 15 is 0 Å². The van der Waals surface area contributed by atoms with Crippen molar-refractivity contribution in [3.05, 3.63) is 13.2 Å². The maximum atomic E-state index is 3.00. The van der Waals surface area contributed by atoms with Gasteiger partial charge in [0, 0.05) is 0 Å². The van der Waals surface area contributed by atoms with Crippen LogP contribution in [0.3, 0.4) is 0 Å². The molecule has 0 aromatic heterocycles. The Morgan fingerprint density at radius 1 is 0.882 bits per heavy atom. The van der Waals surface area contributed by atoms with E-state index in [2.05, 4.69) is 61.6 Å². The Hall–Kier alpha value is -0.260. The van der Waals surface area contributed by atoms with E-state index in [4.69, 9.17) is 0 Å². The molecule has 0 aliphatic rings. The summed E-state index contributed by atoms with van der Waals surface area (Å²) in [5.41, 5.74) is 1.10. The van der Waals surface area contributed by atoms with Crippen molar-refractivity contribution in [2.45, 2.75) is 80.6 Å². The second-order valence-electron chi connectivity index (χ2n) is 6.30. The fourth-order valence-corrected chi connectivity index (χ4v) is 1.91. The van der Waals surface area contributed by atoms with Crippen LogP contribution in [0.4, 0.5) is 0 Å². The van der Waals surface area contributed by atoms with Crippen LogP contribution < -0.4 is 0 Å². The summed E-state index contributed by atoms with van der Waals surface area (Å²) in [6.07, 6.45) is 6.72. The molecule has 0 nitrogen and oxygen atoms in total. The Balaban J connectivity index is 0. The van der Waals surface area contributed by atoms with Gasteiger partial charge < -0.3 is 0 Å². The van der Waals surface area contributed by atoms with Crippen LogP contribution in [0.1, 0.15) is 80.6 Å². The van der Waals surface area contributed by atoms with Gasteiger partial charge in [-0.2, -0.15) is 0 Å². The van der Waals surface area contributed by atoms with Gasteiger partial charge in [-0.1, -0.05) is 67.7 Å². The van der Waals surface area contributed by atoms with E-state index in [1.807, 2.05) is 0 Å². The van der Waals surface area contributed by atoms with Crippen molar-refractivity contribution < 1.29 is 0 Å². The molecule has 0 heteroatoms. The first kappa shape index (κ1) is 19.1. The van der Waals surface area contributed by atoms with Crippen molar-refractivity contribution in [3.63, 3.8) is 0 Å². The number of rotatable bonds is 7. The molecule has 0 N–H and O–H groups in total. The summed E-state index contributed by atoms with van der Waals surface area (Å²) in [6, 6.07) is 0. The highest BCUT2D eigenvalue weighted by Crippen LogP contribution is 2.38. The summed E-state index contributed by atoms with van der Waals surface area (Å²) in [5.74, 6) is 0.847. The summed E-state index contributed by atoms with van der Waals surface area (Å²) in [5, 5.41) is 0. The third-order valence-electron chi connectivity index (χ3n) is 5.13. The molecule has 0 aromatic carbocycles. The van der Waals surface area contributed by atoms with Gasteiger partial charge in [-0.05, 0) is 29.6 Å². The highest BCUT2D eigenvalue weighted by atomic mass is 14.3. The lowest BCUT2D eigenvalue weighted by Crippen LogP contribution is -2.23. The van der Waals surface area contributed by atoms with E-state index in [0.717, 1.165) is 5.92 Å². The summed E-state index contributed by atoms with van der Waals surface area (Å²) in [6.45, 7) is 22.7. The summed E-state index contributed by atoms with van der Waals surface area (Å²) in [7, 11) is 0. The maximum absolute atomic E-state index is 3.00. The molecule has 0 amide bonds. The van der Waals surface area contributed by atoms with Crippen molar-refractivity contribution in [2.24, 2.45) is 16.7 Å². The Bertz CT molecular complexity index is 174. The van der Waals surface area contributed by atoms with E-state index in [1.165, 1.54) is 32.1 Å². The van der Waals surface area contributed by atoms with E-state index in [1.54, 1.807) is 0 Å². The predicted octanol–water partition coefficient (Wildman–Crippen LogP) is 6.47. The fraction of sp³-hybridized carbons (Fsp3) is 0.882. The minimum absolute atomic E-state index is 0.516. The zero-order chi connectivity index (χ0) is 14.1. The second kappa shape index (κ2) is 8.78. The van der Waals surface area contributed by atoms with Crippen LogP contribution in [-0.4, -0.2) is 0 Å². The molecule has 0 fully saturated rings.